The van der Waals surface area contributed by atoms with E-state index >= 15 is 0 Å². The molecule has 2 aromatic rings. The number of aliphatic imine (C=N–C) groups is 1. The lowest BCUT2D eigenvalue weighted by Gasteiger charge is -2.33. The Hall–Kier alpha value is -1.39. The number of hydrogen-bond donors (Lipinski definition) is 2. The minimum absolute atomic E-state index is 0. The smallest absolute Gasteiger partial charge is 0.213 e. The van der Waals surface area contributed by atoms with E-state index in [4.69, 9.17) is 4.74 Å². The first-order valence-electron chi connectivity index (χ1n) is 9.60. The first-order valence-corrected chi connectivity index (χ1v) is 10.4. The van der Waals surface area contributed by atoms with Crippen LogP contribution < -0.4 is 15.4 Å². The van der Waals surface area contributed by atoms with Crippen LogP contribution in [-0.2, 0) is 13.1 Å². The summed E-state index contributed by atoms with van der Waals surface area (Å²) < 4.78 is 6.30. The zero-order chi connectivity index (χ0) is 19.8. The van der Waals surface area contributed by atoms with Crippen LogP contribution in [0.15, 0.2) is 51.9 Å². The number of pyridine rings is 1. The Morgan fingerprint density at radius 2 is 1.93 bits per heavy atom. The van der Waals surface area contributed by atoms with Crippen molar-refractivity contribution in [1.82, 2.24) is 20.5 Å². The summed E-state index contributed by atoms with van der Waals surface area (Å²) in [6.45, 7) is 3.79. The van der Waals surface area contributed by atoms with E-state index in [-0.39, 0.29) is 24.0 Å². The summed E-state index contributed by atoms with van der Waals surface area (Å²) in [5.41, 5.74) is 2.28. The fraction of sp³-hybridized carbons (Fsp3) is 0.429. The number of methoxy groups -OCH3 is 1. The first kappa shape index (κ1) is 23.9. The average molecular weight is 574 g/mol. The predicted molar refractivity (Wildman–Crippen MR) is 132 cm³/mol. The molecule has 1 aliphatic rings. The molecule has 0 saturated carbocycles. The minimum atomic E-state index is 0. The topological polar surface area (TPSA) is 61.8 Å². The van der Waals surface area contributed by atoms with Crippen LogP contribution >= 0.6 is 39.9 Å². The Morgan fingerprint density at radius 1 is 1.21 bits per heavy atom. The third-order valence-corrected chi connectivity index (χ3v) is 5.43. The van der Waals surface area contributed by atoms with E-state index in [1.165, 1.54) is 5.56 Å². The van der Waals surface area contributed by atoms with Gasteiger partial charge in [0.05, 0.1) is 19.3 Å². The maximum absolute atomic E-state index is 5.18. The normalized spacial score (nSPS) is 15.5. The van der Waals surface area contributed by atoms with Gasteiger partial charge in [-0.2, -0.15) is 0 Å². The molecule has 0 amide bonds. The summed E-state index contributed by atoms with van der Waals surface area (Å²) in [6, 6.07) is 14.8. The van der Waals surface area contributed by atoms with Crippen molar-refractivity contribution in [2.45, 2.75) is 32.0 Å². The Bertz CT molecular complexity index is 779. The summed E-state index contributed by atoms with van der Waals surface area (Å²) >= 11 is 3.49. The number of likely N-dealkylation sites (tertiary alicyclic amines) is 1. The fourth-order valence-corrected chi connectivity index (χ4v) is 3.58. The highest BCUT2D eigenvalue weighted by Crippen LogP contribution is 2.16. The van der Waals surface area contributed by atoms with E-state index in [1.54, 1.807) is 14.2 Å². The number of ether oxygens (including phenoxy) is 1. The molecular weight excluding hydrogens is 545 g/mol. The number of hydrogen-bond acceptors (Lipinski definition) is 4. The number of piperidine rings is 1. The average Bonchev–Trinajstić information content (AvgIpc) is 2.74. The molecule has 0 spiro atoms. The summed E-state index contributed by atoms with van der Waals surface area (Å²) in [5.74, 6) is 1.44. The molecule has 2 heterocycles. The van der Waals surface area contributed by atoms with E-state index in [9.17, 15) is 0 Å². The van der Waals surface area contributed by atoms with Crippen LogP contribution in [0, 0.1) is 0 Å². The van der Waals surface area contributed by atoms with Crippen molar-refractivity contribution >= 4 is 45.9 Å². The van der Waals surface area contributed by atoms with Gasteiger partial charge in [0.15, 0.2) is 5.96 Å². The Labute approximate surface area is 198 Å². The second-order valence-electron chi connectivity index (χ2n) is 6.92. The Kier molecular flexibility index (Phi) is 10.2. The van der Waals surface area contributed by atoms with E-state index in [0.717, 1.165) is 48.6 Å². The lowest BCUT2D eigenvalue weighted by Crippen LogP contribution is -2.48. The lowest BCUT2D eigenvalue weighted by molar-refractivity contribution is 0.198. The van der Waals surface area contributed by atoms with Crippen molar-refractivity contribution in [1.29, 1.82) is 0 Å². The number of benzene rings is 1. The van der Waals surface area contributed by atoms with Crippen molar-refractivity contribution in [3.8, 4) is 5.88 Å². The SMILES string of the molecule is CN=C(NCc1cccc(OC)n1)NC1CCN(Cc2ccc(Br)cc2)CC1.I. The minimum Gasteiger partial charge on any atom is -0.481 e. The van der Waals surface area contributed by atoms with Gasteiger partial charge in [-0.25, -0.2) is 4.98 Å². The van der Waals surface area contributed by atoms with Crippen molar-refractivity contribution < 1.29 is 4.74 Å². The van der Waals surface area contributed by atoms with Crippen molar-refractivity contribution in [3.63, 3.8) is 0 Å². The summed E-state index contributed by atoms with van der Waals surface area (Å²) in [6.07, 6.45) is 2.21. The molecule has 1 fully saturated rings. The molecule has 0 atom stereocenters. The number of nitrogens with zero attached hydrogens (tertiary/aromatic N) is 3. The highest BCUT2D eigenvalue weighted by Gasteiger charge is 2.20. The second kappa shape index (κ2) is 12.3. The molecule has 1 saturated heterocycles. The molecule has 29 heavy (non-hydrogen) atoms. The van der Waals surface area contributed by atoms with Crippen LogP contribution in [0.1, 0.15) is 24.1 Å². The van der Waals surface area contributed by atoms with Crippen LogP contribution in [-0.4, -0.2) is 49.1 Å². The Morgan fingerprint density at radius 3 is 2.59 bits per heavy atom. The van der Waals surface area contributed by atoms with E-state index in [2.05, 4.69) is 65.7 Å². The van der Waals surface area contributed by atoms with Gasteiger partial charge >= 0.3 is 0 Å². The maximum Gasteiger partial charge on any atom is 0.213 e. The third-order valence-electron chi connectivity index (χ3n) is 4.90. The van der Waals surface area contributed by atoms with Crippen LogP contribution in [0.3, 0.4) is 0 Å². The van der Waals surface area contributed by atoms with Crippen LogP contribution in [0.4, 0.5) is 0 Å². The molecule has 6 nitrogen and oxygen atoms in total. The maximum atomic E-state index is 5.18. The summed E-state index contributed by atoms with van der Waals surface area (Å²) in [4.78, 5) is 11.3. The molecular formula is C21H29BrIN5O. The van der Waals surface area contributed by atoms with Crippen molar-refractivity contribution in [2.24, 2.45) is 4.99 Å². The zero-order valence-electron chi connectivity index (χ0n) is 16.9. The summed E-state index contributed by atoms with van der Waals surface area (Å²) in [7, 11) is 3.43. The van der Waals surface area contributed by atoms with Gasteiger partial charge in [-0.15, -0.1) is 24.0 Å². The molecule has 2 N–H and O–H groups in total. The van der Waals surface area contributed by atoms with E-state index in [1.807, 2.05) is 18.2 Å². The van der Waals surface area contributed by atoms with Crippen LogP contribution in [0.5, 0.6) is 5.88 Å². The monoisotopic (exact) mass is 573 g/mol. The standard InChI is InChI=1S/C21H28BrN5O.HI/c1-23-21(24-14-19-4-3-5-20(25-19)28-2)26-18-10-12-27(13-11-18)15-16-6-8-17(22)9-7-16;/h3-9,18H,10-15H2,1-2H3,(H2,23,24,26);1H. The number of guanidine groups is 1. The third kappa shape index (κ3) is 7.75. The highest BCUT2D eigenvalue weighted by atomic mass is 127. The summed E-state index contributed by atoms with van der Waals surface area (Å²) in [5, 5.41) is 6.89. The van der Waals surface area contributed by atoms with Gasteiger partial charge in [0.1, 0.15) is 0 Å². The number of halogens is 2. The van der Waals surface area contributed by atoms with Gasteiger partial charge in [0.25, 0.3) is 0 Å². The van der Waals surface area contributed by atoms with Gasteiger partial charge in [-0.05, 0) is 36.6 Å². The highest BCUT2D eigenvalue weighted by molar-refractivity contribution is 14.0. The lowest BCUT2D eigenvalue weighted by atomic mass is 10.0. The Balaban J connectivity index is 0.00000300. The molecule has 0 unspecified atom stereocenters. The number of nitrogens with one attached hydrogen (secondary N) is 2. The van der Waals surface area contributed by atoms with Crippen LogP contribution in [0.25, 0.3) is 0 Å². The molecule has 1 aromatic carbocycles. The molecule has 3 rings (SSSR count). The molecule has 0 aliphatic carbocycles. The first-order chi connectivity index (χ1) is 13.7. The van der Waals surface area contributed by atoms with E-state index in [0.29, 0.717) is 18.5 Å². The molecule has 158 valence electrons. The molecule has 1 aliphatic heterocycles. The van der Waals surface area contributed by atoms with Crippen molar-refractivity contribution in [3.05, 3.63) is 58.2 Å². The van der Waals surface area contributed by atoms with Gasteiger partial charge in [-0.3, -0.25) is 9.89 Å². The number of rotatable bonds is 6. The number of aromatic nitrogens is 1. The van der Waals surface area contributed by atoms with Gasteiger partial charge in [0.2, 0.25) is 5.88 Å². The molecule has 8 heteroatoms. The second-order valence-corrected chi connectivity index (χ2v) is 7.83. The molecule has 0 radical (unpaired) electrons. The quantitative estimate of drug-likeness (QED) is 0.313. The predicted octanol–water partition coefficient (Wildman–Crippen LogP) is 3.80. The van der Waals surface area contributed by atoms with E-state index < -0.39 is 0 Å². The van der Waals surface area contributed by atoms with Gasteiger partial charge < -0.3 is 15.4 Å². The molecule has 1 aromatic heterocycles. The fourth-order valence-electron chi connectivity index (χ4n) is 3.32. The largest absolute Gasteiger partial charge is 0.481 e. The van der Waals surface area contributed by atoms with Crippen LogP contribution in [0.2, 0.25) is 0 Å². The van der Waals surface area contributed by atoms with Gasteiger partial charge in [0, 0.05) is 43.3 Å². The van der Waals surface area contributed by atoms with Crippen molar-refractivity contribution in [2.75, 3.05) is 27.2 Å². The van der Waals surface area contributed by atoms with Gasteiger partial charge in [-0.1, -0.05) is 34.1 Å². The molecule has 0 bridgehead atoms. The zero-order valence-corrected chi connectivity index (χ0v) is 20.8.